The topological polar surface area (TPSA) is 63.7 Å². The molecule has 2 heterocycles. The van der Waals surface area contributed by atoms with Crippen LogP contribution in [0.4, 0.5) is 0 Å². The van der Waals surface area contributed by atoms with E-state index in [4.69, 9.17) is 9.47 Å². The number of ether oxygens (including phenoxy) is 2. The molecule has 26 heavy (non-hydrogen) atoms. The molecular formula is C19H25N3O3S. The number of nitrogens with zero attached hydrogens (tertiary/aromatic N) is 2. The third-order valence-electron chi connectivity index (χ3n) is 4.52. The summed E-state index contributed by atoms with van der Waals surface area (Å²) >= 11 is 1.60. The van der Waals surface area contributed by atoms with Crippen LogP contribution in [0.2, 0.25) is 0 Å². The van der Waals surface area contributed by atoms with Crippen LogP contribution in [0.3, 0.4) is 0 Å². The van der Waals surface area contributed by atoms with Gasteiger partial charge >= 0.3 is 0 Å². The zero-order chi connectivity index (χ0) is 18.5. The van der Waals surface area contributed by atoms with E-state index in [1.165, 1.54) is 0 Å². The van der Waals surface area contributed by atoms with Gasteiger partial charge in [-0.15, -0.1) is 11.3 Å². The predicted molar refractivity (Wildman–Crippen MR) is 102 cm³/mol. The van der Waals surface area contributed by atoms with Gasteiger partial charge in [-0.2, -0.15) is 0 Å². The number of hydrogen-bond acceptors (Lipinski definition) is 6. The quantitative estimate of drug-likeness (QED) is 0.806. The van der Waals surface area contributed by atoms with Gasteiger partial charge < -0.3 is 19.7 Å². The molecule has 1 aliphatic heterocycles. The molecule has 0 radical (unpaired) electrons. The Morgan fingerprint density at radius 3 is 2.96 bits per heavy atom. The molecule has 0 bridgehead atoms. The van der Waals surface area contributed by atoms with Gasteiger partial charge in [0.2, 0.25) is 0 Å². The molecule has 0 saturated carbocycles. The Balaban J connectivity index is 1.67. The minimum atomic E-state index is 0.0450. The monoisotopic (exact) mass is 375 g/mol. The van der Waals surface area contributed by atoms with Crippen LogP contribution in [0.5, 0.6) is 11.5 Å². The van der Waals surface area contributed by atoms with Gasteiger partial charge in [0.15, 0.2) is 11.5 Å². The summed E-state index contributed by atoms with van der Waals surface area (Å²) in [7, 11) is 3.53. The number of nitrogens with one attached hydrogen (secondary N) is 1. The molecule has 2 aromatic rings. The Kier molecular flexibility index (Phi) is 6.11. The van der Waals surface area contributed by atoms with Crippen molar-refractivity contribution in [1.29, 1.82) is 0 Å². The molecule has 0 aliphatic carbocycles. The number of thiazole rings is 1. The molecule has 0 spiro atoms. The van der Waals surface area contributed by atoms with Crippen LogP contribution in [0.15, 0.2) is 23.6 Å². The van der Waals surface area contributed by atoms with E-state index in [0.29, 0.717) is 29.6 Å². The number of rotatable bonds is 7. The number of benzene rings is 1. The van der Waals surface area contributed by atoms with E-state index in [1.807, 2.05) is 24.3 Å². The lowest BCUT2D eigenvalue weighted by Gasteiger charge is -2.18. The molecule has 1 aromatic carbocycles. The normalized spacial score (nSPS) is 16.7. The highest BCUT2D eigenvalue weighted by molar-refractivity contribution is 7.09. The van der Waals surface area contributed by atoms with Crippen LogP contribution in [0.25, 0.3) is 0 Å². The number of hydrogen-bond donors (Lipinski definition) is 1. The van der Waals surface area contributed by atoms with Crippen LogP contribution in [-0.2, 0) is 6.61 Å². The van der Waals surface area contributed by atoms with Gasteiger partial charge in [0, 0.05) is 24.0 Å². The molecule has 1 saturated heterocycles. The third kappa shape index (κ3) is 4.34. The molecule has 1 fully saturated rings. The molecule has 7 heteroatoms. The van der Waals surface area contributed by atoms with Crippen molar-refractivity contribution in [3.05, 3.63) is 39.8 Å². The Bertz CT molecular complexity index is 762. The molecule has 6 nitrogen and oxygen atoms in total. The van der Waals surface area contributed by atoms with Gasteiger partial charge in [0.05, 0.1) is 17.8 Å². The lowest BCUT2D eigenvalue weighted by Crippen LogP contribution is -2.30. The predicted octanol–water partition coefficient (Wildman–Crippen LogP) is 2.72. The molecule has 1 N–H and O–H groups in total. The fraction of sp³-hybridized carbons (Fsp3) is 0.474. The second-order valence-electron chi connectivity index (χ2n) is 6.48. The number of carbonyl (C=O) groups excluding carboxylic acids is 1. The summed E-state index contributed by atoms with van der Waals surface area (Å²) in [5.74, 6) is 1.75. The molecule has 1 amide bonds. The van der Waals surface area contributed by atoms with E-state index < -0.39 is 0 Å². The van der Waals surface area contributed by atoms with Gasteiger partial charge in [0.25, 0.3) is 5.91 Å². The van der Waals surface area contributed by atoms with Crippen LogP contribution in [0, 0.1) is 12.8 Å². The van der Waals surface area contributed by atoms with Crippen LogP contribution >= 0.6 is 11.3 Å². The van der Waals surface area contributed by atoms with E-state index in [2.05, 4.69) is 10.3 Å². The second-order valence-corrected chi connectivity index (χ2v) is 7.54. The Labute approximate surface area is 158 Å². The van der Waals surface area contributed by atoms with Crippen molar-refractivity contribution < 1.29 is 14.3 Å². The molecule has 3 rings (SSSR count). The molecular weight excluding hydrogens is 350 g/mol. The van der Waals surface area contributed by atoms with Gasteiger partial charge in [-0.25, -0.2) is 4.98 Å². The van der Waals surface area contributed by atoms with Crippen molar-refractivity contribution >= 4 is 17.2 Å². The number of methoxy groups -OCH3 is 1. The molecule has 0 unspecified atom stereocenters. The number of likely N-dealkylation sites (tertiary alicyclic amines) is 1. The van der Waals surface area contributed by atoms with Crippen molar-refractivity contribution in [2.45, 2.75) is 20.0 Å². The summed E-state index contributed by atoms with van der Waals surface area (Å²) in [4.78, 5) is 19.1. The number of aromatic nitrogens is 1. The summed E-state index contributed by atoms with van der Waals surface area (Å²) in [6, 6.07) is 5.36. The standard InChI is InChI=1S/C19H25N3O3S/c1-13-21-16(12-26-13)11-25-17-5-4-15(8-18(17)24-3)19(23)22-7-6-14(10-22)9-20-2/h4-5,8,12,14,20H,6-7,9-11H2,1-3H3/t14-/m1/s1. The van der Waals surface area contributed by atoms with E-state index in [0.717, 1.165) is 36.8 Å². The second kappa shape index (κ2) is 8.51. The average Bonchev–Trinajstić information content (AvgIpc) is 3.28. The summed E-state index contributed by atoms with van der Waals surface area (Å²) in [5, 5.41) is 6.18. The SMILES string of the molecule is CNC[C@H]1CCN(C(=O)c2ccc(OCc3csc(C)n3)c(OC)c2)C1. The summed E-state index contributed by atoms with van der Waals surface area (Å²) < 4.78 is 11.3. The Hall–Kier alpha value is -2.12. The smallest absolute Gasteiger partial charge is 0.254 e. The van der Waals surface area contributed by atoms with Crippen LogP contribution in [-0.4, -0.2) is 49.6 Å². The lowest BCUT2D eigenvalue weighted by molar-refractivity contribution is 0.0786. The van der Waals surface area contributed by atoms with E-state index in [9.17, 15) is 4.79 Å². The molecule has 1 aromatic heterocycles. The highest BCUT2D eigenvalue weighted by atomic mass is 32.1. The fourth-order valence-electron chi connectivity index (χ4n) is 3.20. The highest BCUT2D eigenvalue weighted by Gasteiger charge is 2.27. The number of amides is 1. The van der Waals surface area contributed by atoms with Gasteiger partial charge in [-0.05, 0) is 51.1 Å². The van der Waals surface area contributed by atoms with Crippen molar-refractivity contribution in [3.63, 3.8) is 0 Å². The lowest BCUT2D eigenvalue weighted by atomic mass is 10.1. The number of carbonyl (C=O) groups is 1. The van der Waals surface area contributed by atoms with Gasteiger partial charge in [-0.1, -0.05) is 0 Å². The molecule has 140 valence electrons. The number of aryl methyl sites for hydroxylation is 1. The first-order valence-corrected chi connectivity index (χ1v) is 9.64. The summed E-state index contributed by atoms with van der Waals surface area (Å²) in [5.41, 5.74) is 1.52. The van der Waals surface area contributed by atoms with Gasteiger partial charge in [0.1, 0.15) is 6.61 Å². The Morgan fingerprint density at radius 1 is 1.42 bits per heavy atom. The van der Waals surface area contributed by atoms with Crippen LogP contribution < -0.4 is 14.8 Å². The minimum Gasteiger partial charge on any atom is -0.493 e. The van der Waals surface area contributed by atoms with E-state index >= 15 is 0 Å². The van der Waals surface area contributed by atoms with Crippen LogP contribution in [0.1, 0.15) is 27.5 Å². The molecule has 1 atom stereocenters. The third-order valence-corrected chi connectivity index (χ3v) is 5.34. The molecule has 1 aliphatic rings. The first-order valence-electron chi connectivity index (χ1n) is 8.76. The van der Waals surface area contributed by atoms with Crippen molar-refractivity contribution in [2.24, 2.45) is 5.92 Å². The van der Waals surface area contributed by atoms with Gasteiger partial charge in [-0.3, -0.25) is 4.79 Å². The summed E-state index contributed by atoms with van der Waals surface area (Å²) in [6.45, 7) is 4.88. The maximum absolute atomic E-state index is 12.8. The van der Waals surface area contributed by atoms with E-state index in [1.54, 1.807) is 36.6 Å². The zero-order valence-electron chi connectivity index (χ0n) is 15.4. The largest absolute Gasteiger partial charge is 0.493 e. The first-order chi connectivity index (χ1) is 12.6. The first kappa shape index (κ1) is 18.7. The maximum atomic E-state index is 12.8. The fourth-order valence-corrected chi connectivity index (χ4v) is 3.80. The highest BCUT2D eigenvalue weighted by Crippen LogP contribution is 2.30. The minimum absolute atomic E-state index is 0.0450. The van der Waals surface area contributed by atoms with Crippen molar-refractivity contribution in [2.75, 3.05) is 33.8 Å². The Morgan fingerprint density at radius 2 is 2.27 bits per heavy atom. The van der Waals surface area contributed by atoms with Crippen molar-refractivity contribution in [3.8, 4) is 11.5 Å². The van der Waals surface area contributed by atoms with Crippen molar-refractivity contribution in [1.82, 2.24) is 15.2 Å². The van der Waals surface area contributed by atoms with E-state index in [-0.39, 0.29) is 5.91 Å². The average molecular weight is 375 g/mol. The zero-order valence-corrected chi connectivity index (χ0v) is 16.3. The summed E-state index contributed by atoms with van der Waals surface area (Å²) in [6.07, 6.45) is 1.04. The maximum Gasteiger partial charge on any atom is 0.254 e.